The molecule has 2 atom stereocenters. The van der Waals surface area contributed by atoms with E-state index in [1.54, 1.807) is 33.4 Å². The number of carbonyl (C=O) groups excluding carboxylic acids is 2. The Morgan fingerprint density at radius 3 is 2.40 bits per heavy atom. The quantitative estimate of drug-likeness (QED) is 0.230. The predicted molar refractivity (Wildman–Crippen MR) is 181 cm³/mol. The number of oxazole rings is 1. The van der Waals surface area contributed by atoms with Crippen molar-refractivity contribution < 1.29 is 28.6 Å². The van der Waals surface area contributed by atoms with E-state index in [0.717, 1.165) is 72.8 Å². The number of anilines is 1. The summed E-state index contributed by atoms with van der Waals surface area (Å²) in [5.41, 5.74) is 3.66. The molecule has 3 aliphatic carbocycles. The van der Waals surface area contributed by atoms with E-state index in [0.29, 0.717) is 55.8 Å². The van der Waals surface area contributed by atoms with Gasteiger partial charge in [-0.05, 0) is 115 Å². The number of hydrogen-bond acceptors (Lipinski definition) is 9. The highest BCUT2D eigenvalue weighted by atomic mass is 16.6. The minimum Gasteiger partial charge on any atom is -0.495 e. The van der Waals surface area contributed by atoms with Crippen molar-refractivity contribution in [3.05, 3.63) is 54.0 Å². The average Bonchev–Trinajstić information content (AvgIpc) is 3.83. The van der Waals surface area contributed by atoms with E-state index in [1.807, 2.05) is 30.0 Å². The third kappa shape index (κ3) is 8.17. The van der Waals surface area contributed by atoms with Crippen LogP contribution >= 0.6 is 0 Å². The number of rotatable bonds is 11. The van der Waals surface area contributed by atoms with Gasteiger partial charge in [-0.25, -0.2) is 14.8 Å². The molecule has 3 aliphatic rings. The second-order valence-corrected chi connectivity index (χ2v) is 14.0. The van der Waals surface area contributed by atoms with Crippen LogP contribution in [0.5, 0.6) is 5.75 Å². The normalized spacial score (nSPS) is 23.9. The van der Waals surface area contributed by atoms with Crippen molar-refractivity contribution in [2.75, 3.05) is 18.6 Å². The zero-order valence-corrected chi connectivity index (χ0v) is 28.6. The molecular formula is C37H49N5O6. The number of aryl methyl sites for hydroxylation is 1. The highest BCUT2D eigenvalue weighted by Crippen LogP contribution is 2.41. The Labute approximate surface area is 282 Å². The molecule has 11 heteroatoms. The maximum atomic E-state index is 14.3. The van der Waals surface area contributed by atoms with E-state index >= 15 is 0 Å². The number of amides is 2. The number of aliphatic hydroxyl groups is 1. The molecule has 3 fully saturated rings. The molecule has 0 radical (unpaired) electrons. The van der Waals surface area contributed by atoms with Crippen molar-refractivity contribution in [3.8, 4) is 17.0 Å². The molecule has 0 spiro atoms. The van der Waals surface area contributed by atoms with Gasteiger partial charge in [0.05, 0.1) is 24.9 Å². The maximum Gasteiger partial charge on any atom is 0.407 e. The number of alkyl carbamates (subject to hydrolysis) is 1. The molecule has 2 N–H and O–H groups in total. The van der Waals surface area contributed by atoms with Crippen LogP contribution in [0.1, 0.15) is 107 Å². The number of hydrogen-bond donors (Lipinski definition) is 2. The van der Waals surface area contributed by atoms with Crippen molar-refractivity contribution in [2.45, 2.75) is 115 Å². The summed E-state index contributed by atoms with van der Waals surface area (Å²) >= 11 is 0. The molecule has 3 saturated carbocycles. The lowest BCUT2D eigenvalue weighted by molar-refractivity contribution is -0.124. The Kier molecular flexibility index (Phi) is 10.6. The Hall–Kier alpha value is -3.99. The van der Waals surface area contributed by atoms with Gasteiger partial charge in [0.15, 0.2) is 5.89 Å². The molecule has 0 bridgehead atoms. The van der Waals surface area contributed by atoms with Gasteiger partial charge in [-0.2, -0.15) is 0 Å². The van der Waals surface area contributed by atoms with Crippen LogP contribution in [0.3, 0.4) is 0 Å². The summed E-state index contributed by atoms with van der Waals surface area (Å²) in [5.74, 6) is 3.24. The maximum absolute atomic E-state index is 14.3. The van der Waals surface area contributed by atoms with Gasteiger partial charge in [0.2, 0.25) is 5.91 Å². The molecule has 48 heavy (non-hydrogen) atoms. The number of ether oxygens (including phenoxy) is 2. The van der Waals surface area contributed by atoms with Crippen molar-refractivity contribution in [2.24, 2.45) is 11.8 Å². The van der Waals surface area contributed by atoms with Gasteiger partial charge < -0.3 is 24.3 Å². The molecule has 11 nitrogen and oxygen atoms in total. The van der Waals surface area contributed by atoms with Gasteiger partial charge in [-0.3, -0.25) is 14.7 Å². The zero-order chi connectivity index (χ0) is 33.8. The van der Waals surface area contributed by atoms with Crippen LogP contribution in [-0.4, -0.2) is 64.0 Å². The molecule has 3 heterocycles. The highest BCUT2D eigenvalue weighted by Gasteiger charge is 2.35. The van der Waals surface area contributed by atoms with Crippen LogP contribution in [-0.2, 0) is 9.53 Å². The SMILES string of the molecule is COc1ccc([C@H]2CC[C@H](CN(c3cc(-c4coc(C5CC5)n4)ccn3)C(=O)[C@H]3CC[C@H](OC(=O)NC(C)C(C)O)CC3)CC2)nc1C. The number of nitrogens with one attached hydrogen (secondary N) is 1. The van der Waals surface area contributed by atoms with E-state index in [9.17, 15) is 14.7 Å². The van der Waals surface area contributed by atoms with E-state index < -0.39 is 18.2 Å². The van der Waals surface area contributed by atoms with Crippen molar-refractivity contribution >= 4 is 17.8 Å². The smallest absolute Gasteiger partial charge is 0.407 e. The first-order valence-corrected chi connectivity index (χ1v) is 17.6. The largest absolute Gasteiger partial charge is 0.495 e. The topological polar surface area (TPSA) is 140 Å². The van der Waals surface area contributed by atoms with E-state index in [4.69, 9.17) is 28.8 Å². The lowest BCUT2D eigenvalue weighted by atomic mass is 9.79. The molecule has 3 aromatic rings. The third-order valence-corrected chi connectivity index (χ3v) is 10.4. The number of pyridine rings is 2. The second-order valence-electron chi connectivity index (χ2n) is 14.0. The Morgan fingerprint density at radius 2 is 1.73 bits per heavy atom. The first-order valence-electron chi connectivity index (χ1n) is 17.6. The Balaban J connectivity index is 1.14. The number of aromatic nitrogens is 3. The zero-order valence-electron chi connectivity index (χ0n) is 28.6. The van der Waals surface area contributed by atoms with Crippen LogP contribution in [0.25, 0.3) is 11.3 Å². The summed E-state index contributed by atoms with van der Waals surface area (Å²) in [6, 6.07) is 7.56. The summed E-state index contributed by atoms with van der Waals surface area (Å²) in [5, 5.41) is 12.4. The molecule has 2 amide bonds. The van der Waals surface area contributed by atoms with Gasteiger partial charge in [-0.1, -0.05) is 0 Å². The number of aliphatic hydroxyl groups excluding tert-OH is 1. The molecule has 3 aromatic heterocycles. The molecule has 2 unspecified atom stereocenters. The van der Waals surface area contributed by atoms with E-state index in [2.05, 4.69) is 11.4 Å². The van der Waals surface area contributed by atoms with Gasteiger partial charge >= 0.3 is 6.09 Å². The molecule has 0 saturated heterocycles. The van der Waals surface area contributed by atoms with E-state index in [-0.39, 0.29) is 17.9 Å². The van der Waals surface area contributed by atoms with Crippen molar-refractivity contribution in [1.82, 2.24) is 20.3 Å². The van der Waals surface area contributed by atoms with Gasteiger partial charge in [0.25, 0.3) is 0 Å². The van der Waals surface area contributed by atoms with Gasteiger partial charge in [0, 0.05) is 41.8 Å². The average molecular weight is 660 g/mol. The van der Waals surface area contributed by atoms with Crippen LogP contribution in [0, 0.1) is 18.8 Å². The first-order chi connectivity index (χ1) is 23.2. The summed E-state index contributed by atoms with van der Waals surface area (Å²) in [6.07, 6.45) is 10.7. The summed E-state index contributed by atoms with van der Waals surface area (Å²) in [7, 11) is 1.67. The Morgan fingerprint density at radius 1 is 1.00 bits per heavy atom. The number of methoxy groups -OCH3 is 1. The van der Waals surface area contributed by atoms with Crippen LogP contribution < -0.4 is 15.0 Å². The molecule has 6 rings (SSSR count). The van der Waals surface area contributed by atoms with Gasteiger partial charge in [-0.15, -0.1) is 0 Å². The summed E-state index contributed by atoms with van der Waals surface area (Å²) < 4.78 is 16.8. The van der Waals surface area contributed by atoms with Crippen LogP contribution in [0.2, 0.25) is 0 Å². The highest BCUT2D eigenvalue weighted by molar-refractivity contribution is 5.94. The monoisotopic (exact) mass is 659 g/mol. The fourth-order valence-electron chi connectivity index (χ4n) is 7.01. The molecular weight excluding hydrogens is 610 g/mol. The van der Waals surface area contributed by atoms with E-state index in [1.165, 1.54) is 0 Å². The molecule has 0 aromatic carbocycles. The number of carbonyl (C=O) groups is 2. The minimum absolute atomic E-state index is 0.0682. The second kappa shape index (κ2) is 15.1. The third-order valence-electron chi connectivity index (χ3n) is 10.4. The van der Waals surface area contributed by atoms with Crippen molar-refractivity contribution in [1.29, 1.82) is 0 Å². The molecule has 258 valence electrons. The summed E-state index contributed by atoms with van der Waals surface area (Å²) in [4.78, 5) is 42.9. The van der Waals surface area contributed by atoms with Crippen LogP contribution in [0.15, 0.2) is 41.1 Å². The number of nitrogens with zero attached hydrogens (tertiary/aromatic N) is 4. The fraction of sp³-hybridized carbons (Fsp3) is 0.595. The summed E-state index contributed by atoms with van der Waals surface area (Å²) in [6.45, 7) is 5.94. The predicted octanol–water partition coefficient (Wildman–Crippen LogP) is 6.69. The Bertz CT molecular complexity index is 1560. The van der Waals surface area contributed by atoms with Crippen LogP contribution in [0.4, 0.5) is 10.6 Å². The first kappa shape index (κ1) is 33.9. The van der Waals surface area contributed by atoms with Crippen molar-refractivity contribution in [3.63, 3.8) is 0 Å². The molecule has 0 aliphatic heterocycles. The van der Waals surface area contributed by atoms with Gasteiger partial charge in [0.1, 0.15) is 29.6 Å². The fourth-order valence-corrected chi connectivity index (χ4v) is 7.01. The lowest BCUT2D eigenvalue weighted by Crippen LogP contribution is -2.44. The standard InChI is InChI=1S/C37H49N5O6/c1-22(24(3)43)40-37(45)48-30-13-11-28(12-14-30)36(44)42(34-19-29(17-18-38-34)32-21-47-35(41-32)27-9-10-27)20-25-5-7-26(8-6-25)31-15-16-33(46-4)23(2)39-31/h15-19,21-22,24-28,30,43H,5-14,20H2,1-4H3,(H,40,45)/t22?,24?,25-,26-,28-,30-. The lowest BCUT2D eigenvalue weighted by Gasteiger charge is -2.35. The minimum atomic E-state index is -0.674.